The number of ether oxygens (including phenoxy) is 1. The first-order chi connectivity index (χ1) is 8.60. The molecule has 1 N–H and O–H groups in total. The van der Waals surface area contributed by atoms with Gasteiger partial charge in [-0.2, -0.15) is 4.39 Å². The first-order valence-electron chi connectivity index (χ1n) is 6.36. The SMILES string of the molecule is CCC[C@H](CCNC)Oc1ccc(C)c(F)c1F. The molecule has 1 atom stereocenters. The van der Waals surface area contributed by atoms with Gasteiger partial charge in [-0.1, -0.05) is 19.4 Å². The second-order valence-corrected chi connectivity index (χ2v) is 4.43. The Balaban J connectivity index is 2.77. The van der Waals surface area contributed by atoms with E-state index in [-0.39, 0.29) is 11.9 Å². The molecule has 0 fully saturated rings. The van der Waals surface area contributed by atoms with Gasteiger partial charge in [-0.25, -0.2) is 4.39 Å². The van der Waals surface area contributed by atoms with Gasteiger partial charge in [-0.05, 0) is 45.0 Å². The Hall–Kier alpha value is -1.16. The molecule has 0 aromatic heterocycles. The number of rotatable bonds is 7. The van der Waals surface area contributed by atoms with E-state index in [1.54, 1.807) is 0 Å². The summed E-state index contributed by atoms with van der Waals surface area (Å²) in [6, 6.07) is 3.03. The Morgan fingerprint density at radius 3 is 2.56 bits per heavy atom. The van der Waals surface area contributed by atoms with Gasteiger partial charge in [0.2, 0.25) is 5.82 Å². The van der Waals surface area contributed by atoms with Gasteiger partial charge >= 0.3 is 0 Å². The summed E-state index contributed by atoms with van der Waals surface area (Å²) in [5.74, 6) is -1.70. The fraction of sp³-hybridized carbons (Fsp3) is 0.571. The second-order valence-electron chi connectivity index (χ2n) is 4.43. The van der Waals surface area contributed by atoms with Gasteiger partial charge in [-0.3, -0.25) is 0 Å². The lowest BCUT2D eigenvalue weighted by Crippen LogP contribution is -2.23. The molecule has 4 heteroatoms. The van der Waals surface area contributed by atoms with Crippen molar-refractivity contribution in [3.63, 3.8) is 0 Å². The van der Waals surface area contributed by atoms with Crippen LogP contribution in [0.1, 0.15) is 31.7 Å². The molecule has 0 saturated heterocycles. The Labute approximate surface area is 107 Å². The van der Waals surface area contributed by atoms with Crippen molar-refractivity contribution in [2.24, 2.45) is 0 Å². The Kier molecular flexibility index (Phi) is 6.05. The molecule has 0 saturated carbocycles. The fourth-order valence-corrected chi connectivity index (χ4v) is 1.79. The van der Waals surface area contributed by atoms with Gasteiger partial charge in [-0.15, -0.1) is 0 Å². The van der Waals surface area contributed by atoms with Crippen LogP contribution in [-0.2, 0) is 0 Å². The summed E-state index contributed by atoms with van der Waals surface area (Å²) in [7, 11) is 1.86. The quantitative estimate of drug-likeness (QED) is 0.808. The zero-order chi connectivity index (χ0) is 13.5. The minimum Gasteiger partial charge on any atom is -0.487 e. The van der Waals surface area contributed by atoms with Gasteiger partial charge in [0.05, 0.1) is 0 Å². The molecule has 1 aromatic carbocycles. The number of benzene rings is 1. The highest BCUT2D eigenvalue weighted by Gasteiger charge is 2.16. The zero-order valence-corrected chi connectivity index (χ0v) is 11.2. The van der Waals surface area contributed by atoms with Crippen molar-refractivity contribution in [1.29, 1.82) is 0 Å². The van der Waals surface area contributed by atoms with Crippen molar-refractivity contribution < 1.29 is 13.5 Å². The predicted molar refractivity (Wildman–Crippen MR) is 69.0 cm³/mol. The Morgan fingerprint density at radius 2 is 1.94 bits per heavy atom. The van der Waals surface area contributed by atoms with Crippen LogP contribution in [0, 0.1) is 18.6 Å². The highest BCUT2D eigenvalue weighted by atomic mass is 19.2. The smallest absolute Gasteiger partial charge is 0.200 e. The van der Waals surface area contributed by atoms with E-state index in [9.17, 15) is 8.78 Å². The first kappa shape index (κ1) is 14.9. The molecule has 0 aliphatic carbocycles. The average molecular weight is 257 g/mol. The lowest BCUT2D eigenvalue weighted by Gasteiger charge is -2.19. The lowest BCUT2D eigenvalue weighted by atomic mass is 10.1. The summed E-state index contributed by atoms with van der Waals surface area (Å²) in [6.45, 7) is 4.37. The maximum Gasteiger partial charge on any atom is 0.200 e. The molecule has 2 nitrogen and oxygen atoms in total. The minimum atomic E-state index is -0.888. The van der Waals surface area contributed by atoms with Gasteiger partial charge in [0.1, 0.15) is 6.10 Å². The van der Waals surface area contributed by atoms with E-state index in [1.807, 2.05) is 14.0 Å². The van der Waals surface area contributed by atoms with Crippen LogP contribution >= 0.6 is 0 Å². The highest BCUT2D eigenvalue weighted by Crippen LogP contribution is 2.24. The lowest BCUT2D eigenvalue weighted by molar-refractivity contribution is 0.170. The van der Waals surface area contributed by atoms with Crippen molar-refractivity contribution >= 4 is 0 Å². The zero-order valence-electron chi connectivity index (χ0n) is 11.2. The third-order valence-electron chi connectivity index (χ3n) is 2.86. The van der Waals surface area contributed by atoms with E-state index in [0.29, 0.717) is 5.56 Å². The molecule has 0 bridgehead atoms. The first-order valence-corrected chi connectivity index (χ1v) is 6.36. The molecule has 0 spiro atoms. The molecular formula is C14H21F2NO. The van der Waals surface area contributed by atoms with Crippen LogP contribution in [-0.4, -0.2) is 19.7 Å². The molecule has 102 valence electrons. The van der Waals surface area contributed by atoms with E-state index >= 15 is 0 Å². The third kappa shape index (κ3) is 3.95. The maximum atomic E-state index is 13.7. The van der Waals surface area contributed by atoms with Crippen molar-refractivity contribution in [1.82, 2.24) is 5.32 Å². The van der Waals surface area contributed by atoms with E-state index in [1.165, 1.54) is 19.1 Å². The summed E-state index contributed by atoms with van der Waals surface area (Å²) in [5, 5.41) is 3.03. The molecule has 0 radical (unpaired) electrons. The summed E-state index contributed by atoms with van der Waals surface area (Å²) in [4.78, 5) is 0. The van der Waals surface area contributed by atoms with Crippen molar-refractivity contribution in [2.45, 2.75) is 39.2 Å². The van der Waals surface area contributed by atoms with Gasteiger partial charge in [0, 0.05) is 0 Å². The summed E-state index contributed by atoms with van der Waals surface area (Å²) < 4.78 is 32.7. The second kappa shape index (κ2) is 7.31. The molecule has 0 aliphatic rings. The van der Waals surface area contributed by atoms with Gasteiger partial charge in [0.25, 0.3) is 0 Å². The molecule has 0 aliphatic heterocycles. The molecule has 1 rings (SSSR count). The van der Waals surface area contributed by atoms with Crippen molar-refractivity contribution in [3.05, 3.63) is 29.3 Å². The van der Waals surface area contributed by atoms with Crippen LogP contribution < -0.4 is 10.1 Å². The van der Waals surface area contributed by atoms with Crippen molar-refractivity contribution in [2.75, 3.05) is 13.6 Å². The van der Waals surface area contributed by atoms with Gasteiger partial charge in [0.15, 0.2) is 11.6 Å². The number of hydrogen-bond acceptors (Lipinski definition) is 2. The monoisotopic (exact) mass is 257 g/mol. The van der Waals surface area contributed by atoms with E-state index in [2.05, 4.69) is 5.32 Å². The van der Waals surface area contributed by atoms with Crippen LogP contribution in [0.4, 0.5) is 8.78 Å². The van der Waals surface area contributed by atoms with Crippen LogP contribution in [0.5, 0.6) is 5.75 Å². The fourth-order valence-electron chi connectivity index (χ4n) is 1.79. The molecule has 1 aromatic rings. The Bertz CT molecular complexity index is 382. The summed E-state index contributed by atoms with van der Waals surface area (Å²) in [6.07, 6.45) is 2.47. The molecule has 18 heavy (non-hydrogen) atoms. The Morgan fingerprint density at radius 1 is 1.22 bits per heavy atom. The number of nitrogens with one attached hydrogen (secondary N) is 1. The van der Waals surface area contributed by atoms with Gasteiger partial charge < -0.3 is 10.1 Å². The normalized spacial score (nSPS) is 12.5. The number of aryl methyl sites for hydroxylation is 1. The minimum absolute atomic E-state index is 0.00709. The largest absolute Gasteiger partial charge is 0.487 e. The number of hydrogen-bond donors (Lipinski definition) is 1. The number of halogens is 2. The van der Waals surface area contributed by atoms with Crippen LogP contribution in [0.25, 0.3) is 0 Å². The predicted octanol–water partition coefficient (Wildman–Crippen LogP) is 3.43. The van der Waals surface area contributed by atoms with Crippen LogP contribution in [0.2, 0.25) is 0 Å². The van der Waals surface area contributed by atoms with Crippen molar-refractivity contribution in [3.8, 4) is 5.75 Å². The molecular weight excluding hydrogens is 236 g/mol. The summed E-state index contributed by atoms with van der Waals surface area (Å²) in [5.41, 5.74) is 0.294. The maximum absolute atomic E-state index is 13.7. The highest BCUT2D eigenvalue weighted by molar-refractivity contribution is 5.30. The molecule has 0 unspecified atom stereocenters. The standard InChI is InChI=1S/C14H21F2NO/c1-4-5-11(8-9-17-3)18-12-7-6-10(2)13(15)14(12)16/h6-7,11,17H,4-5,8-9H2,1-3H3/t11-/m1/s1. The van der Waals surface area contributed by atoms with Crippen LogP contribution in [0.15, 0.2) is 12.1 Å². The third-order valence-corrected chi connectivity index (χ3v) is 2.86. The van der Waals surface area contributed by atoms with E-state index in [4.69, 9.17) is 4.74 Å². The molecule has 0 heterocycles. The average Bonchev–Trinajstić information content (AvgIpc) is 2.36. The summed E-state index contributed by atoms with van der Waals surface area (Å²) >= 11 is 0. The molecule has 0 amide bonds. The topological polar surface area (TPSA) is 21.3 Å². The van der Waals surface area contributed by atoms with E-state index in [0.717, 1.165) is 25.8 Å². The van der Waals surface area contributed by atoms with E-state index < -0.39 is 11.6 Å². The van der Waals surface area contributed by atoms with Crippen LogP contribution in [0.3, 0.4) is 0 Å².